The van der Waals surface area contributed by atoms with Crippen LogP contribution in [0.2, 0.25) is 0 Å². The first-order valence-electron chi connectivity index (χ1n) is 8.52. The number of rotatable bonds is 4. The van der Waals surface area contributed by atoms with E-state index in [1.165, 1.54) is 12.1 Å². The molecule has 4 aromatic rings. The second-order valence-corrected chi connectivity index (χ2v) is 6.27. The average molecular weight is 354 g/mol. The number of anilines is 2. The molecule has 1 N–H and O–H groups in total. The molecule has 27 heavy (non-hydrogen) atoms. The number of aryl methyl sites for hydroxylation is 1. The highest BCUT2D eigenvalue weighted by molar-refractivity contribution is 5.93. The van der Waals surface area contributed by atoms with Gasteiger partial charge in [-0.1, -0.05) is 54.1 Å². The molecule has 132 valence electrons. The Bertz CT molecular complexity index is 1140. The topological polar surface area (TPSA) is 77.9 Å². The quantitative estimate of drug-likeness (QED) is 0.604. The van der Waals surface area contributed by atoms with Gasteiger partial charge in [0, 0.05) is 16.6 Å². The second-order valence-electron chi connectivity index (χ2n) is 6.27. The van der Waals surface area contributed by atoms with Crippen LogP contribution >= 0.6 is 0 Å². The van der Waals surface area contributed by atoms with Crippen LogP contribution in [0, 0.1) is 6.92 Å². The van der Waals surface area contributed by atoms with Crippen molar-refractivity contribution in [1.29, 1.82) is 0 Å². The maximum absolute atomic E-state index is 11.1. The van der Waals surface area contributed by atoms with Crippen LogP contribution in [-0.4, -0.2) is 15.9 Å². The van der Waals surface area contributed by atoms with Crippen LogP contribution in [0.15, 0.2) is 72.8 Å². The minimum atomic E-state index is -1.22. The molecule has 0 saturated heterocycles. The molecule has 0 unspecified atom stereocenters. The molecule has 0 atom stereocenters. The number of aromatic carboxylic acids is 1. The fourth-order valence-corrected chi connectivity index (χ4v) is 2.86. The van der Waals surface area contributed by atoms with E-state index in [1.54, 1.807) is 12.1 Å². The molecule has 0 bridgehead atoms. The number of carboxylic acid groups (broad SMARTS) is 1. The van der Waals surface area contributed by atoms with Gasteiger partial charge in [-0.3, -0.25) is 0 Å². The Labute approximate surface area is 156 Å². The Kier molecular flexibility index (Phi) is 4.26. The molecule has 0 fully saturated rings. The van der Waals surface area contributed by atoms with E-state index in [1.807, 2.05) is 55.5 Å². The molecule has 5 heteroatoms. The predicted molar refractivity (Wildman–Crippen MR) is 104 cm³/mol. The highest BCUT2D eigenvalue weighted by atomic mass is 16.4. The molecule has 0 saturated carbocycles. The fourth-order valence-electron chi connectivity index (χ4n) is 2.86. The number of hydrogen-bond donors (Lipinski definition) is 1. The van der Waals surface area contributed by atoms with Gasteiger partial charge in [0.1, 0.15) is 5.82 Å². The molecular weight excluding hydrogens is 338 g/mol. The summed E-state index contributed by atoms with van der Waals surface area (Å²) in [7, 11) is 0. The highest BCUT2D eigenvalue weighted by Crippen LogP contribution is 2.27. The van der Waals surface area contributed by atoms with E-state index in [0.29, 0.717) is 17.3 Å². The van der Waals surface area contributed by atoms with Crippen LogP contribution in [0.4, 0.5) is 11.5 Å². The lowest BCUT2D eigenvalue weighted by Gasteiger charge is -2.12. The first-order valence-corrected chi connectivity index (χ1v) is 8.52. The van der Waals surface area contributed by atoms with Gasteiger partial charge in [0.25, 0.3) is 0 Å². The molecule has 1 aromatic heterocycles. The van der Waals surface area contributed by atoms with E-state index in [2.05, 4.69) is 15.3 Å². The number of benzene rings is 3. The van der Waals surface area contributed by atoms with Crippen LogP contribution in [0.5, 0.6) is 0 Å². The molecule has 4 rings (SSSR count). The first kappa shape index (κ1) is 16.7. The average Bonchev–Trinajstić information content (AvgIpc) is 2.68. The molecular formula is C22H16N3O2-. The first-order chi connectivity index (χ1) is 13.1. The van der Waals surface area contributed by atoms with E-state index in [-0.39, 0.29) is 5.56 Å². The van der Waals surface area contributed by atoms with E-state index in [4.69, 9.17) is 0 Å². The van der Waals surface area contributed by atoms with Crippen molar-refractivity contribution < 1.29 is 9.90 Å². The number of aromatic nitrogens is 2. The number of carbonyl (C=O) groups is 1. The number of nitrogens with one attached hydrogen (secondary N) is 1. The van der Waals surface area contributed by atoms with Crippen molar-refractivity contribution >= 4 is 28.4 Å². The predicted octanol–water partition coefficient (Wildman–Crippen LogP) is 3.71. The van der Waals surface area contributed by atoms with Gasteiger partial charge in [0.2, 0.25) is 0 Å². The van der Waals surface area contributed by atoms with Crippen molar-refractivity contribution in [3.8, 4) is 11.4 Å². The van der Waals surface area contributed by atoms with Gasteiger partial charge in [0.15, 0.2) is 5.82 Å². The largest absolute Gasteiger partial charge is 0.545 e. The molecule has 5 nitrogen and oxygen atoms in total. The number of nitrogens with zero attached hydrogens (tertiary/aromatic N) is 2. The summed E-state index contributed by atoms with van der Waals surface area (Å²) in [5, 5.41) is 15.2. The van der Waals surface area contributed by atoms with E-state index in [9.17, 15) is 9.90 Å². The van der Waals surface area contributed by atoms with Gasteiger partial charge < -0.3 is 15.2 Å². The maximum atomic E-state index is 11.1. The van der Waals surface area contributed by atoms with Crippen LogP contribution in [0.25, 0.3) is 22.3 Å². The minimum Gasteiger partial charge on any atom is -0.545 e. The van der Waals surface area contributed by atoms with Crippen LogP contribution in [0.1, 0.15) is 15.9 Å². The van der Waals surface area contributed by atoms with Crippen molar-refractivity contribution in [2.45, 2.75) is 6.92 Å². The lowest BCUT2D eigenvalue weighted by atomic mass is 10.1. The highest BCUT2D eigenvalue weighted by Gasteiger charge is 2.10. The van der Waals surface area contributed by atoms with Crippen LogP contribution < -0.4 is 10.4 Å². The van der Waals surface area contributed by atoms with Crippen molar-refractivity contribution in [1.82, 2.24) is 9.97 Å². The molecule has 0 spiro atoms. The third kappa shape index (κ3) is 3.48. The number of carboxylic acids is 1. The second kappa shape index (κ2) is 6.88. The molecule has 0 aliphatic heterocycles. The summed E-state index contributed by atoms with van der Waals surface area (Å²) in [6.45, 7) is 2.03. The number of para-hydroxylation sites is 1. The lowest BCUT2D eigenvalue weighted by Crippen LogP contribution is -2.22. The van der Waals surface area contributed by atoms with Gasteiger partial charge in [-0.25, -0.2) is 9.97 Å². The summed E-state index contributed by atoms with van der Waals surface area (Å²) in [6, 6.07) is 22.2. The van der Waals surface area contributed by atoms with Gasteiger partial charge in [-0.15, -0.1) is 0 Å². The zero-order valence-electron chi connectivity index (χ0n) is 14.6. The number of hydrogen-bond acceptors (Lipinski definition) is 5. The van der Waals surface area contributed by atoms with Gasteiger partial charge in [0.05, 0.1) is 11.5 Å². The monoisotopic (exact) mass is 354 g/mol. The van der Waals surface area contributed by atoms with Crippen molar-refractivity contribution in [3.05, 3.63) is 83.9 Å². The molecule has 3 aromatic carbocycles. The third-order valence-corrected chi connectivity index (χ3v) is 4.27. The maximum Gasteiger partial charge on any atom is 0.162 e. The van der Waals surface area contributed by atoms with Crippen molar-refractivity contribution in [2.24, 2.45) is 0 Å². The smallest absolute Gasteiger partial charge is 0.162 e. The third-order valence-electron chi connectivity index (χ3n) is 4.27. The Morgan fingerprint density at radius 1 is 0.926 bits per heavy atom. The summed E-state index contributed by atoms with van der Waals surface area (Å²) in [4.78, 5) is 20.5. The lowest BCUT2D eigenvalue weighted by molar-refractivity contribution is -0.255. The number of fused-ring (bicyclic) bond motifs is 1. The summed E-state index contributed by atoms with van der Waals surface area (Å²) < 4.78 is 0. The van der Waals surface area contributed by atoms with E-state index >= 15 is 0 Å². The van der Waals surface area contributed by atoms with Crippen LogP contribution in [0.3, 0.4) is 0 Å². The minimum absolute atomic E-state index is 0.108. The van der Waals surface area contributed by atoms with E-state index < -0.39 is 5.97 Å². The SMILES string of the molecule is Cc1ccc(-c2nc(Nc3cccc(C(=O)[O-])c3)c3ccccc3n2)cc1. The van der Waals surface area contributed by atoms with Gasteiger partial charge in [-0.2, -0.15) is 0 Å². The summed E-state index contributed by atoms with van der Waals surface area (Å²) in [5.41, 5.74) is 3.61. The standard InChI is InChI=1S/C22H17N3O2/c1-14-9-11-15(12-10-14)20-24-19-8-3-2-7-18(19)21(25-20)23-17-6-4-5-16(13-17)22(26)27/h2-13H,1H3,(H,26,27)(H,23,24,25)/p-1. The van der Waals surface area contributed by atoms with Crippen LogP contribution in [-0.2, 0) is 0 Å². The molecule has 0 aliphatic carbocycles. The molecule has 0 radical (unpaired) electrons. The van der Waals surface area contributed by atoms with Gasteiger partial charge >= 0.3 is 0 Å². The molecule has 1 heterocycles. The summed E-state index contributed by atoms with van der Waals surface area (Å²) >= 11 is 0. The van der Waals surface area contributed by atoms with Gasteiger partial charge in [-0.05, 0) is 36.8 Å². The Hall–Kier alpha value is -3.73. The summed E-state index contributed by atoms with van der Waals surface area (Å²) in [5.74, 6) is 0.00506. The Morgan fingerprint density at radius 2 is 1.70 bits per heavy atom. The zero-order valence-corrected chi connectivity index (χ0v) is 14.6. The Balaban J connectivity index is 1.82. The fraction of sp³-hybridized carbons (Fsp3) is 0.0455. The Morgan fingerprint density at radius 3 is 2.48 bits per heavy atom. The number of carbonyl (C=O) groups excluding carboxylic acids is 1. The zero-order chi connectivity index (χ0) is 18.8. The normalized spacial score (nSPS) is 10.7. The molecule has 0 amide bonds. The summed E-state index contributed by atoms with van der Waals surface area (Å²) in [6.07, 6.45) is 0. The molecule has 0 aliphatic rings. The van der Waals surface area contributed by atoms with E-state index in [0.717, 1.165) is 22.0 Å². The van der Waals surface area contributed by atoms with Crippen molar-refractivity contribution in [2.75, 3.05) is 5.32 Å². The van der Waals surface area contributed by atoms with Crippen molar-refractivity contribution in [3.63, 3.8) is 0 Å².